The summed E-state index contributed by atoms with van der Waals surface area (Å²) in [5.41, 5.74) is 2.28. The van der Waals surface area contributed by atoms with Crippen molar-refractivity contribution in [1.82, 2.24) is 10.6 Å². The molecule has 2 rings (SSSR count). The number of likely N-dealkylation sites (N-methyl/N-ethyl adjacent to an activating group) is 1. The zero-order valence-corrected chi connectivity index (χ0v) is 15.2. The lowest BCUT2D eigenvalue weighted by molar-refractivity contribution is -0.115. The van der Waals surface area contributed by atoms with Gasteiger partial charge >= 0.3 is 0 Å². The molecule has 0 aromatic heterocycles. The SMILES string of the molecule is CCNCC(=O)Nc1ccc(C(=O)NC(C)c2ccccc2)cc1.Cl. The first kappa shape index (κ1) is 20.7. The summed E-state index contributed by atoms with van der Waals surface area (Å²) in [6.07, 6.45) is 0. The number of rotatable bonds is 7. The Morgan fingerprint density at radius 1 is 1.00 bits per heavy atom. The highest BCUT2D eigenvalue weighted by Crippen LogP contribution is 2.14. The van der Waals surface area contributed by atoms with E-state index in [1.165, 1.54) is 0 Å². The molecule has 0 saturated heterocycles. The van der Waals surface area contributed by atoms with Crippen molar-refractivity contribution in [3.05, 3.63) is 65.7 Å². The second kappa shape index (κ2) is 10.5. The van der Waals surface area contributed by atoms with Crippen molar-refractivity contribution >= 4 is 29.9 Å². The zero-order valence-electron chi connectivity index (χ0n) is 14.4. The molecule has 2 aromatic rings. The predicted octanol–water partition coefficient (Wildman–Crippen LogP) is 3.15. The number of carbonyl (C=O) groups is 2. The summed E-state index contributed by atoms with van der Waals surface area (Å²) in [4.78, 5) is 23.9. The monoisotopic (exact) mass is 361 g/mol. The molecule has 0 aliphatic rings. The van der Waals surface area contributed by atoms with E-state index >= 15 is 0 Å². The smallest absolute Gasteiger partial charge is 0.251 e. The lowest BCUT2D eigenvalue weighted by Gasteiger charge is -2.14. The van der Waals surface area contributed by atoms with Crippen LogP contribution in [0.1, 0.15) is 35.8 Å². The first-order valence-electron chi connectivity index (χ1n) is 8.06. The first-order valence-corrected chi connectivity index (χ1v) is 8.06. The molecule has 6 heteroatoms. The standard InChI is InChI=1S/C19H23N3O2.ClH/c1-3-20-13-18(23)22-17-11-9-16(10-12-17)19(24)21-14(2)15-7-5-4-6-8-15;/h4-12,14,20H,3,13H2,1-2H3,(H,21,24)(H,22,23);1H. The second-order valence-electron chi connectivity index (χ2n) is 5.51. The Kier molecular flexibility index (Phi) is 8.67. The Bertz CT molecular complexity index is 675. The van der Waals surface area contributed by atoms with Crippen molar-refractivity contribution in [2.45, 2.75) is 19.9 Å². The van der Waals surface area contributed by atoms with Crippen molar-refractivity contribution < 1.29 is 9.59 Å². The van der Waals surface area contributed by atoms with Crippen LogP contribution in [-0.4, -0.2) is 24.9 Å². The molecule has 5 nitrogen and oxygen atoms in total. The maximum absolute atomic E-state index is 12.3. The molecular weight excluding hydrogens is 338 g/mol. The van der Waals surface area contributed by atoms with E-state index in [9.17, 15) is 9.59 Å². The van der Waals surface area contributed by atoms with Crippen molar-refractivity contribution in [2.24, 2.45) is 0 Å². The summed E-state index contributed by atoms with van der Waals surface area (Å²) in [5.74, 6) is -0.247. The Morgan fingerprint density at radius 2 is 1.64 bits per heavy atom. The number of hydrogen-bond donors (Lipinski definition) is 3. The minimum Gasteiger partial charge on any atom is -0.346 e. The molecule has 0 saturated carbocycles. The molecule has 0 radical (unpaired) electrons. The molecule has 1 unspecified atom stereocenters. The molecular formula is C19H24ClN3O2. The molecule has 25 heavy (non-hydrogen) atoms. The summed E-state index contributed by atoms with van der Waals surface area (Å²) in [6.45, 7) is 4.90. The molecule has 2 aromatic carbocycles. The van der Waals surface area contributed by atoms with Gasteiger partial charge in [0.05, 0.1) is 12.6 Å². The van der Waals surface area contributed by atoms with Gasteiger partial charge in [-0.3, -0.25) is 9.59 Å². The van der Waals surface area contributed by atoms with E-state index in [2.05, 4.69) is 16.0 Å². The lowest BCUT2D eigenvalue weighted by atomic mass is 10.1. The minimum atomic E-state index is -0.142. The molecule has 2 amide bonds. The van der Waals surface area contributed by atoms with Crippen LogP contribution in [0.15, 0.2) is 54.6 Å². The van der Waals surface area contributed by atoms with E-state index < -0.39 is 0 Å². The molecule has 0 aliphatic carbocycles. The molecule has 1 atom stereocenters. The highest BCUT2D eigenvalue weighted by atomic mass is 35.5. The fourth-order valence-electron chi connectivity index (χ4n) is 2.25. The Labute approximate surface area is 154 Å². The molecule has 0 aliphatic heterocycles. The fraction of sp³-hybridized carbons (Fsp3) is 0.263. The summed E-state index contributed by atoms with van der Waals surface area (Å²) in [5, 5.41) is 8.70. The van der Waals surface area contributed by atoms with Gasteiger partial charge in [0.1, 0.15) is 0 Å². The van der Waals surface area contributed by atoms with E-state index in [1.807, 2.05) is 44.2 Å². The summed E-state index contributed by atoms with van der Waals surface area (Å²) < 4.78 is 0. The van der Waals surface area contributed by atoms with Gasteiger partial charge in [-0.1, -0.05) is 37.3 Å². The van der Waals surface area contributed by atoms with Gasteiger partial charge in [0, 0.05) is 11.3 Å². The van der Waals surface area contributed by atoms with E-state index in [1.54, 1.807) is 24.3 Å². The Balaban J connectivity index is 0.00000312. The third-order valence-corrected chi connectivity index (χ3v) is 3.61. The number of benzene rings is 2. The summed E-state index contributed by atoms with van der Waals surface area (Å²) in [6, 6.07) is 16.6. The highest BCUT2D eigenvalue weighted by Gasteiger charge is 2.11. The van der Waals surface area contributed by atoms with Crippen LogP contribution < -0.4 is 16.0 Å². The van der Waals surface area contributed by atoms with Gasteiger partial charge in [0.25, 0.3) is 5.91 Å². The number of nitrogens with one attached hydrogen (secondary N) is 3. The molecule has 134 valence electrons. The van der Waals surface area contributed by atoms with Crippen LogP contribution in [0.4, 0.5) is 5.69 Å². The van der Waals surface area contributed by atoms with Crippen molar-refractivity contribution in [3.8, 4) is 0 Å². The third-order valence-electron chi connectivity index (χ3n) is 3.61. The zero-order chi connectivity index (χ0) is 17.4. The highest BCUT2D eigenvalue weighted by molar-refractivity contribution is 5.96. The number of halogens is 1. The van der Waals surface area contributed by atoms with Crippen LogP contribution in [0.25, 0.3) is 0 Å². The van der Waals surface area contributed by atoms with Gasteiger partial charge in [-0.05, 0) is 43.3 Å². The summed E-state index contributed by atoms with van der Waals surface area (Å²) >= 11 is 0. The molecule has 0 spiro atoms. The van der Waals surface area contributed by atoms with Crippen LogP contribution >= 0.6 is 12.4 Å². The molecule has 0 fully saturated rings. The largest absolute Gasteiger partial charge is 0.346 e. The normalized spacial score (nSPS) is 11.1. The van der Waals surface area contributed by atoms with E-state index in [0.717, 1.165) is 12.1 Å². The first-order chi connectivity index (χ1) is 11.6. The molecule has 0 heterocycles. The average Bonchev–Trinajstić information content (AvgIpc) is 2.61. The predicted molar refractivity (Wildman–Crippen MR) is 103 cm³/mol. The second-order valence-corrected chi connectivity index (χ2v) is 5.51. The van der Waals surface area contributed by atoms with E-state index in [4.69, 9.17) is 0 Å². The van der Waals surface area contributed by atoms with Crippen LogP contribution in [0, 0.1) is 0 Å². The van der Waals surface area contributed by atoms with Crippen LogP contribution in [-0.2, 0) is 4.79 Å². The fourth-order valence-corrected chi connectivity index (χ4v) is 2.25. The Morgan fingerprint density at radius 3 is 2.24 bits per heavy atom. The minimum absolute atomic E-state index is 0. The van der Waals surface area contributed by atoms with Gasteiger partial charge in [-0.15, -0.1) is 12.4 Å². The van der Waals surface area contributed by atoms with Crippen LogP contribution in [0.3, 0.4) is 0 Å². The lowest BCUT2D eigenvalue weighted by Crippen LogP contribution is -2.28. The number of amides is 2. The summed E-state index contributed by atoms with van der Waals surface area (Å²) in [7, 11) is 0. The van der Waals surface area contributed by atoms with Gasteiger partial charge in [0.2, 0.25) is 5.91 Å². The van der Waals surface area contributed by atoms with Gasteiger partial charge in [-0.25, -0.2) is 0 Å². The van der Waals surface area contributed by atoms with Crippen molar-refractivity contribution in [2.75, 3.05) is 18.4 Å². The molecule has 0 bridgehead atoms. The topological polar surface area (TPSA) is 70.2 Å². The van der Waals surface area contributed by atoms with Crippen molar-refractivity contribution in [1.29, 1.82) is 0 Å². The quantitative estimate of drug-likeness (QED) is 0.709. The number of anilines is 1. The van der Waals surface area contributed by atoms with Crippen LogP contribution in [0.5, 0.6) is 0 Å². The average molecular weight is 362 g/mol. The number of hydrogen-bond acceptors (Lipinski definition) is 3. The number of carbonyl (C=O) groups excluding carboxylic acids is 2. The van der Waals surface area contributed by atoms with Gasteiger partial charge in [0.15, 0.2) is 0 Å². The van der Waals surface area contributed by atoms with E-state index in [0.29, 0.717) is 11.3 Å². The van der Waals surface area contributed by atoms with Gasteiger partial charge in [-0.2, -0.15) is 0 Å². The molecule has 3 N–H and O–H groups in total. The van der Waals surface area contributed by atoms with Crippen LogP contribution in [0.2, 0.25) is 0 Å². The maximum Gasteiger partial charge on any atom is 0.251 e. The maximum atomic E-state index is 12.3. The van der Waals surface area contributed by atoms with Gasteiger partial charge < -0.3 is 16.0 Å². The third kappa shape index (κ3) is 6.57. The van der Waals surface area contributed by atoms with Crippen molar-refractivity contribution in [3.63, 3.8) is 0 Å². The Hall–Kier alpha value is -2.37. The van der Waals surface area contributed by atoms with E-state index in [-0.39, 0.29) is 36.8 Å².